The summed E-state index contributed by atoms with van der Waals surface area (Å²) in [7, 11) is 0. The Balaban J connectivity index is 2.35. The van der Waals surface area contributed by atoms with E-state index in [4.69, 9.17) is 5.73 Å². The SMILES string of the molecule is CCSc1ccc(-c2nc(N)nc(C(C)C)n2)cc1. The summed E-state index contributed by atoms with van der Waals surface area (Å²) in [6, 6.07) is 8.21. The zero-order chi connectivity index (χ0) is 13.8. The maximum absolute atomic E-state index is 5.75. The summed E-state index contributed by atoms with van der Waals surface area (Å²) in [4.78, 5) is 14.1. The summed E-state index contributed by atoms with van der Waals surface area (Å²) < 4.78 is 0. The molecule has 1 heterocycles. The molecule has 0 amide bonds. The first-order valence-electron chi connectivity index (χ1n) is 6.34. The third kappa shape index (κ3) is 3.44. The summed E-state index contributed by atoms with van der Waals surface area (Å²) in [6.45, 7) is 6.22. The highest BCUT2D eigenvalue weighted by Gasteiger charge is 2.09. The molecule has 0 unspecified atom stereocenters. The number of nitrogen functional groups attached to an aromatic ring is 1. The van der Waals surface area contributed by atoms with Gasteiger partial charge in [0.1, 0.15) is 5.82 Å². The number of anilines is 1. The Morgan fingerprint density at radius 1 is 1.11 bits per heavy atom. The van der Waals surface area contributed by atoms with Gasteiger partial charge < -0.3 is 5.73 Å². The van der Waals surface area contributed by atoms with E-state index in [-0.39, 0.29) is 11.9 Å². The molecule has 100 valence electrons. The minimum atomic E-state index is 0.235. The molecular formula is C14H18N4S. The number of benzene rings is 1. The largest absolute Gasteiger partial charge is 0.368 e. The maximum Gasteiger partial charge on any atom is 0.223 e. The van der Waals surface area contributed by atoms with Crippen LogP contribution in [0.25, 0.3) is 11.4 Å². The number of hydrogen-bond donors (Lipinski definition) is 1. The first-order valence-corrected chi connectivity index (χ1v) is 7.33. The quantitative estimate of drug-likeness (QED) is 0.866. The number of rotatable bonds is 4. The second-order valence-electron chi connectivity index (χ2n) is 4.49. The predicted molar refractivity (Wildman–Crippen MR) is 80.2 cm³/mol. The first kappa shape index (κ1) is 13.8. The maximum atomic E-state index is 5.75. The Morgan fingerprint density at radius 2 is 1.79 bits per heavy atom. The van der Waals surface area contributed by atoms with Gasteiger partial charge in [-0.15, -0.1) is 11.8 Å². The molecule has 0 radical (unpaired) electrons. The van der Waals surface area contributed by atoms with Crippen LogP contribution in [-0.2, 0) is 0 Å². The van der Waals surface area contributed by atoms with Crippen molar-refractivity contribution < 1.29 is 0 Å². The Bertz CT molecular complexity index is 552. The van der Waals surface area contributed by atoms with Crippen molar-refractivity contribution in [3.8, 4) is 11.4 Å². The highest BCUT2D eigenvalue weighted by molar-refractivity contribution is 7.99. The molecule has 0 saturated heterocycles. The zero-order valence-electron chi connectivity index (χ0n) is 11.4. The lowest BCUT2D eigenvalue weighted by atomic mass is 10.2. The summed E-state index contributed by atoms with van der Waals surface area (Å²) >= 11 is 1.81. The molecule has 0 spiro atoms. The smallest absolute Gasteiger partial charge is 0.223 e. The van der Waals surface area contributed by atoms with Gasteiger partial charge >= 0.3 is 0 Å². The van der Waals surface area contributed by atoms with E-state index < -0.39 is 0 Å². The third-order valence-corrected chi connectivity index (χ3v) is 3.50. The van der Waals surface area contributed by atoms with Gasteiger partial charge in [0.2, 0.25) is 5.95 Å². The summed E-state index contributed by atoms with van der Waals surface area (Å²) in [6.07, 6.45) is 0. The Hall–Kier alpha value is -1.62. The van der Waals surface area contributed by atoms with Crippen LogP contribution in [-0.4, -0.2) is 20.7 Å². The fourth-order valence-corrected chi connectivity index (χ4v) is 2.33. The molecule has 2 rings (SSSR count). The van der Waals surface area contributed by atoms with Gasteiger partial charge in [-0.25, -0.2) is 4.98 Å². The van der Waals surface area contributed by atoms with Crippen molar-refractivity contribution in [2.45, 2.75) is 31.6 Å². The summed E-state index contributed by atoms with van der Waals surface area (Å²) in [5, 5.41) is 0. The zero-order valence-corrected chi connectivity index (χ0v) is 12.2. The molecule has 4 nitrogen and oxygen atoms in total. The number of nitrogens with two attached hydrogens (primary N) is 1. The van der Waals surface area contributed by atoms with Crippen molar-refractivity contribution in [1.29, 1.82) is 0 Å². The Morgan fingerprint density at radius 3 is 2.37 bits per heavy atom. The van der Waals surface area contributed by atoms with Gasteiger partial charge in [-0.2, -0.15) is 9.97 Å². The van der Waals surface area contributed by atoms with Gasteiger partial charge in [-0.05, 0) is 17.9 Å². The molecule has 0 atom stereocenters. The lowest BCUT2D eigenvalue weighted by molar-refractivity contribution is 0.767. The molecule has 0 aliphatic carbocycles. The van der Waals surface area contributed by atoms with Crippen LogP contribution in [0, 0.1) is 0 Å². The normalized spacial score (nSPS) is 10.9. The van der Waals surface area contributed by atoms with E-state index >= 15 is 0 Å². The molecule has 0 aliphatic heterocycles. The second-order valence-corrected chi connectivity index (χ2v) is 5.82. The van der Waals surface area contributed by atoms with Crippen molar-refractivity contribution in [2.75, 3.05) is 11.5 Å². The number of thioether (sulfide) groups is 1. The molecule has 1 aromatic heterocycles. The first-order chi connectivity index (χ1) is 9.10. The Kier molecular flexibility index (Phi) is 4.37. The average molecular weight is 274 g/mol. The van der Waals surface area contributed by atoms with Gasteiger partial charge in [0.25, 0.3) is 0 Å². The van der Waals surface area contributed by atoms with Crippen molar-refractivity contribution in [2.24, 2.45) is 0 Å². The van der Waals surface area contributed by atoms with Crippen molar-refractivity contribution in [1.82, 2.24) is 15.0 Å². The van der Waals surface area contributed by atoms with Gasteiger partial charge in [0, 0.05) is 16.4 Å². The van der Waals surface area contributed by atoms with E-state index in [1.165, 1.54) is 4.90 Å². The van der Waals surface area contributed by atoms with Crippen LogP contribution >= 0.6 is 11.8 Å². The minimum Gasteiger partial charge on any atom is -0.368 e. The van der Waals surface area contributed by atoms with Crippen LogP contribution in [0.5, 0.6) is 0 Å². The van der Waals surface area contributed by atoms with E-state index in [1.54, 1.807) is 0 Å². The standard InChI is InChI=1S/C14H18N4S/c1-4-19-11-7-5-10(6-8-11)13-16-12(9(2)3)17-14(15)18-13/h5-9H,4H2,1-3H3,(H2,15,16,17,18). The van der Waals surface area contributed by atoms with E-state index in [0.29, 0.717) is 5.82 Å². The topological polar surface area (TPSA) is 64.7 Å². The highest BCUT2D eigenvalue weighted by Crippen LogP contribution is 2.23. The molecule has 19 heavy (non-hydrogen) atoms. The fraction of sp³-hybridized carbons (Fsp3) is 0.357. The molecule has 2 N–H and O–H groups in total. The van der Waals surface area contributed by atoms with Gasteiger partial charge in [-0.3, -0.25) is 0 Å². The van der Waals surface area contributed by atoms with Crippen LogP contribution in [0.15, 0.2) is 29.2 Å². The lowest BCUT2D eigenvalue weighted by Crippen LogP contribution is -2.06. The monoisotopic (exact) mass is 274 g/mol. The highest BCUT2D eigenvalue weighted by atomic mass is 32.2. The minimum absolute atomic E-state index is 0.235. The number of aromatic nitrogens is 3. The van der Waals surface area contributed by atoms with Gasteiger partial charge in [0.15, 0.2) is 5.82 Å². The van der Waals surface area contributed by atoms with Gasteiger partial charge in [0.05, 0.1) is 0 Å². The predicted octanol–water partition coefficient (Wildman–Crippen LogP) is 3.36. The molecule has 0 fully saturated rings. The van der Waals surface area contributed by atoms with E-state index in [0.717, 1.165) is 17.1 Å². The molecular weight excluding hydrogens is 256 g/mol. The number of nitrogens with zero attached hydrogens (tertiary/aromatic N) is 3. The van der Waals surface area contributed by atoms with Crippen LogP contribution in [0.1, 0.15) is 32.5 Å². The van der Waals surface area contributed by atoms with Crippen LogP contribution in [0.2, 0.25) is 0 Å². The molecule has 5 heteroatoms. The molecule has 2 aromatic rings. The van der Waals surface area contributed by atoms with Crippen LogP contribution < -0.4 is 5.73 Å². The molecule has 0 bridgehead atoms. The van der Waals surface area contributed by atoms with Crippen molar-refractivity contribution in [3.63, 3.8) is 0 Å². The van der Waals surface area contributed by atoms with E-state index in [1.807, 2.05) is 37.7 Å². The van der Waals surface area contributed by atoms with Crippen LogP contribution in [0.4, 0.5) is 5.95 Å². The third-order valence-electron chi connectivity index (χ3n) is 2.61. The summed E-state index contributed by atoms with van der Waals surface area (Å²) in [5.41, 5.74) is 6.71. The fourth-order valence-electron chi connectivity index (χ4n) is 1.66. The van der Waals surface area contributed by atoms with Crippen LogP contribution in [0.3, 0.4) is 0 Å². The molecule has 0 saturated carbocycles. The number of hydrogen-bond acceptors (Lipinski definition) is 5. The summed E-state index contributed by atoms with van der Waals surface area (Å²) in [5.74, 6) is 2.95. The lowest BCUT2D eigenvalue weighted by Gasteiger charge is -2.07. The van der Waals surface area contributed by atoms with E-state index in [2.05, 4.69) is 34.0 Å². The van der Waals surface area contributed by atoms with Crippen molar-refractivity contribution in [3.05, 3.63) is 30.1 Å². The molecule has 0 aliphatic rings. The van der Waals surface area contributed by atoms with E-state index in [9.17, 15) is 0 Å². The average Bonchev–Trinajstić information content (AvgIpc) is 2.39. The van der Waals surface area contributed by atoms with Gasteiger partial charge in [-0.1, -0.05) is 32.9 Å². The second kappa shape index (κ2) is 6.02. The molecule has 1 aromatic carbocycles. The Labute approximate surface area is 117 Å². The van der Waals surface area contributed by atoms with Crippen molar-refractivity contribution >= 4 is 17.7 Å².